The van der Waals surface area contributed by atoms with Gasteiger partial charge in [-0.15, -0.1) is 0 Å². The number of anilines is 2. The summed E-state index contributed by atoms with van der Waals surface area (Å²) >= 11 is 0. The summed E-state index contributed by atoms with van der Waals surface area (Å²) in [6.45, 7) is 5.29. The number of benzene rings is 3. The highest BCUT2D eigenvalue weighted by Crippen LogP contribution is 2.31. The van der Waals surface area contributed by atoms with E-state index < -0.39 is 0 Å². The van der Waals surface area contributed by atoms with Gasteiger partial charge in [-0.1, -0.05) is 24.1 Å². The maximum atomic E-state index is 12.5. The largest absolute Gasteiger partial charge is 0.493 e. The van der Waals surface area contributed by atoms with Crippen molar-refractivity contribution in [3.8, 4) is 17.2 Å². The molecule has 0 aromatic heterocycles. The van der Waals surface area contributed by atoms with Gasteiger partial charge < -0.3 is 20.1 Å². The van der Waals surface area contributed by atoms with Crippen molar-refractivity contribution in [2.24, 2.45) is 5.92 Å². The number of carbonyl (C=O) groups is 1. The van der Waals surface area contributed by atoms with Crippen molar-refractivity contribution < 1.29 is 14.3 Å². The van der Waals surface area contributed by atoms with Gasteiger partial charge in [0.25, 0.3) is 0 Å². The molecule has 5 rings (SSSR count). The molecule has 3 aromatic carbocycles. The van der Waals surface area contributed by atoms with E-state index in [2.05, 4.69) is 15.5 Å². The van der Waals surface area contributed by atoms with Crippen LogP contribution in [0.1, 0.15) is 37.7 Å². The van der Waals surface area contributed by atoms with Gasteiger partial charge in [0.15, 0.2) is 0 Å². The first-order valence-electron chi connectivity index (χ1n) is 13.0. The molecular weight excluding hydrogens is 450 g/mol. The van der Waals surface area contributed by atoms with Crippen LogP contribution in [0.3, 0.4) is 0 Å². The number of hydrogen-bond donors (Lipinski definition) is 2. The highest BCUT2D eigenvalue weighted by atomic mass is 16.5. The van der Waals surface area contributed by atoms with Crippen LogP contribution in [0.2, 0.25) is 0 Å². The second-order valence-corrected chi connectivity index (χ2v) is 9.86. The third kappa shape index (κ3) is 6.38. The molecule has 3 aromatic rings. The third-order valence-electron chi connectivity index (χ3n) is 7.17. The first-order chi connectivity index (χ1) is 17.6. The van der Waals surface area contributed by atoms with Gasteiger partial charge in [0.2, 0.25) is 0 Å². The second kappa shape index (κ2) is 11.5. The van der Waals surface area contributed by atoms with Crippen LogP contribution in [0, 0.1) is 12.8 Å². The molecule has 2 aliphatic heterocycles. The minimum atomic E-state index is -0.296. The van der Waals surface area contributed by atoms with Crippen molar-refractivity contribution in [1.82, 2.24) is 4.90 Å². The smallest absolute Gasteiger partial charge is 0.323 e. The van der Waals surface area contributed by atoms with Crippen LogP contribution in [0.5, 0.6) is 17.2 Å². The van der Waals surface area contributed by atoms with Crippen molar-refractivity contribution in [2.75, 3.05) is 30.3 Å². The van der Waals surface area contributed by atoms with E-state index in [-0.39, 0.29) is 6.03 Å². The number of nitrogens with zero attached hydrogens (tertiary/aromatic N) is 1. The number of aryl methyl sites for hydroxylation is 1. The molecule has 2 fully saturated rings. The molecule has 0 unspecified atom stereocenters. The number of ether oxygens (including phenoxy) is 2. The van der Waals surface area contributed by atoms with Gasteiger partial charge in [-0.25, -0.2) is 4.79 Å². The van der Waals surface area contributed by atoms with Crippen molar-refractivity contribution in [2.45, 2.75) is 45.1 Å². The van der Waals surface area contributed by atoms with E-state index in [0.29, 0.717) is 23.4 Å². The lowest BCUT2D eigenvalue weighted by Crippen LogP contribution is -2.49. The summed E-state index contributed by atoms with van der Waals surface area (Å²) in [6.07, 6.45) is 6.49. The summed E-state index contributed by atoms with van der Waals surface area (Å²) in [5.41, 5.74) is 2.59. The van der Waals surface area contributed by atoms with Crippen molar-refractivity contribution in [3.63, 3.8) is 0 Å². The quantitative estimate of drug-likeness (QED) is 0.376. The van der Waals surface area contributed by atoms with Crippen LogP contribution < -0.4 is 20.1 Å². The zero-order valence-corrected chi connectivity index (χ0v) is 20.9. The molecule has 2 N–H and O–H groups in total. The molecule has 2 saturated heterocycles. The highest BCUT2D eigenvalue weighted by Gasteiger charge is 2.33. The lowest BCUT2D eigenvalue weighted by Gasteiger charge is -2.44. The Morgan fingerprint density at radius 3 is 2.03 bits per heavy atom. The predicted molar refractivity (Wildman–Crippen MR) is 144 cm³/mol. The molecule has 2 aliphatic rings. The molecule has 0 aliphatic carbocycles. The fourth-order valence-electron chi connectivity index (χ4n) is 5.25. The van der Waals surface area contributed by atoms with Crippen LogP contribution in [-0.4, -0.2) is 36.7 Å². The van der Waals surface area contributed by atoms with Crippen LogP contribution in [0.4, 0.5) is 16.2 Å². The van der Waals surface area contributed by atoms with E-state index in [1.807, 2.05) is 79.7 Å². The molecule has 36 heavy (non-hydrogen) atoms. The lowest BCUT2D eigenvalue weighted by atomic mass is 9.84. The van der Waals surface area contributed by atoms with Gasteiger partial charge >= 0.3 is 6.03 Å². The maximum Gasteiger partial charge on any atom is 0.323 e. The standard InChI is InChI=1S/C30H35N3O3/c1-22-7-13-27(14-8-22)36-28-17-11-25(12-18-28)32-30(34)31-24-9-15-26(16-10-24)35-21-23-5-4-20-33-19-3-2-6-29(23)33/h7-18,23,29H,2-6,19-21H2,1H3,(H2,31,32,34)/t23-,29+/m0/s1. The number of fused-ring (bicyclic) bond motifs is 1. The number of amides is 2. The number of hydrogen-bond acceptors (Lipinski definition) is 4. The summed E-state index contributed by atoms with van der Waals surface area (Å²) in [7, 11) is 0. The van der Waals surface area contributed by atoms with E-state index >= 15 is 0 Å². The van der Waals surface area contributed by atoms with E-state index in [9.17, 15) is 4.79 Å². The summed E-state index contributed by atoms with van der Waals surface area (Å²) in [4.78, 5) is 15.1. The first-order valence-corrected chi connectivity index (χ1v) is 13.0. The molecule has 188 valence electrons. The number of carbonyl (C=O) groups excluding carboxylic acids is 1. The van der Waals surface area contributed by atoms with E-state index in [1.165, 1.54) is 50.8 Å². The topological polar surface area (TPSA) is 62.8 Å². The summed E-state index contributed by atoms with van der Waals surface area (Å²) < 4.78 is 12.0. The van der Waals surface area contributed by atoms with Gasteiger partial charge in [-0.05, 0) is 106 Å². The number of rotatable bonds is 7. The first kappa shape index (κ1) is 24.2. The molecule has 0 bridgehead atoms. The molecule has 0 spiro atoms. The molecule has 6 nitrogen and oxygen atoms in total. The van der Waals surface area contributed by atoms with E-state index in [1.54, 1.807) is 0 Å². The zero-order valence-electron chi connectivity index (χ0n) is 20.9. The summed E-state index contributed by atoms with van der Waals surface area (Å²) in [6, 6.07) is 23.2. The monoisotopic (exact) mass is 485 g/mol. The Hall–Kier alpha value is -3.51. The van der Waals surface area contributed by atoms with Gasteiger partial charge in [-0.2, -0.15) is 0 Å². The average molecular weight is 486 g/mol. The molecule has 2 atom stereocenters. The van der Waals surface area contributed by atoms with Crippen LogP contribution in [0.25, 0.3) is 0 Å². The Labute approximate surface area is 213 Å². The Morgan fingerprint density at radius 1 is 0.778 bits per heavy atom. The van der Waals surface area contributed by atoms with Crippen molar-refractivity contribution in [1.29, 1.82) is 0 Å². The van der Waals surface area contributed by atoms with E-state index in [0.717, 1.165) is 23.8 Å². The Morgan fingerprint density at radius 2 is 1.36 bits per heavy atom. The SMILES string of the molecule is Cc1ccc(Oc2ccc(NC(=O)Nc3ccc(OC[C@@H]4CCCN5CCCC[C@H]45)cc3)cc2)cc1. The molecule has 0 radical (unpaired) electrons. The van der Waals surface area contributed by atoms with Gasteiger partial charge in [0.05, 0.1) is 6.61 Å². The van der Waals surface area contributed by atoms with Crippen LogP contribution in [-0.2, 0) is 0 Å². The highest BCUT2D eigenvalue weighted by molar-refractivity contribution is 5.99. The molecule has 2 heterocycles. The molecule has 2 amide bonds. The summed E-state index contributed by atoms with van der Waals surface area (Å²) in [5, 5.41) is 5.73. The minimum absolute atomic E-state index is 0.296. The number of nitrogens with one attached hydrogen (secondary N) is 2. The normalized spacial score (nSPS) is 19.7. The Kier molecular flexibility index (Phi) is 7.72. The second-order valence-electron chi connectivity index (χ2n) is 9.86. The predicted octanol–water partition coefficient (Wildman–Crippen LogP) is 7.07. The Bertz CT molecular complexity index is 1130. The Balaban J connectivity index is 1.08. The maximum absolute atomic E-state index is 12.5. The van der Waals surface area contributed by atoms with Crippen molar-refractivity contribution in [3.05, 3.63) is 78.4 Å². The number of piperidine rings is 2. The minimum Gasteiger partial charge on any atom is -0.493 e. The zero-order chi connectivity index (χ0) is 24.7. The van der Waals surface area contributed by atoms with Gasteiger partial charge in [-0.3, -0.25) is 4.90 Å². The fourth-order valence-corrected chi connectivity index (χ4v) is 5.25. The molecule has 6 heteroatoms. The van der Waals surface area contributed by atoms with Gasteiger partial charge in [0, 0.05) is 23.3 Å². The number of urea groups is 1. The van der Waals surface area contributed by atoms with Crippen molar-refractivity contribution >= 4 is 17.4 Å². The molecular formula is C30H35N3O3. The lowest BCUT2D eigenvalue weighted by molar-refractivity contribution is 0.0366. The average Bonchev–Trinajstić information content (AvgIpc) is 2.91. The van der Waals surface area contributed by atoms with Crippen LogP contribution >= 0.6 is 0 Å². The van der Waals surface area contributed by atoms with Gasteiger partial charge in [0.1, 0.15) is 17.2 Å². The molecule has 0 saturated carbocycles. The third-order valence-corrected chi connectivity index (χ3v) is 7.17. The fraction of sp³-hybridized carbons (Fsp3) is 0.367. The summed E-state index contributed by atoms with van der Waals surface area (Å²) in [5.74, 6) is 2.94. The van der Waals surface area contributed by atoms with Crippen LogP contribution in [0.15, 0.2) is 72.8 Å². The van der Waals surface area contributed by atoms with E-state index in [4.69, 9.17) is 9.47 Å².